The average molecular weight is 503 g/mol. The van der Waals surface area contributed by atoms with Crippen molar-refractivity contribution in [3.05, 3.63) is 65.3 Å². The van der Waals surface area contributed by atoms with E-state index in [1.807, 2.05) is 24.3 Å². The Morgan fingerprint density at radius 2 is 1.92 bits per heavy atom. The van der Waals surface area contributed by atoms with Crippen LogP contribution < -0.4 is 25.8 Å². The monoisotopic (exact) mass is 502 g/mol. The van der Waals surface area contributed by atoms with Gasteiger partial charge in [0.1, 0.15) is 17.4 Å². The molecule has 0 unspecified atom stereocenters. The molecule has 4 heterocycles. The number of hydrogen-bond donors (Lipinski definition) is 3. The zero-order valence-electron chi connectivity index (χ0n) is 20.9. The number of benzene rings is 1. The number of ether oxygens (including phenoxy) is 3. The Bertz CT molecular complexity index is 1420. The number of hydrogen-bond acceptors (Lipinski definition) is 9. The van der Waals surface area contributed by atoms with Crippen LogP contribution in [0.3, 0.4) is 0 Å². The quantitative estimate of drug-likeness (QED) is 0.295. The van der Waals surface area contributed by atoms with Crippen molar-refractivity contribution in [1.29, 1.82) is 0 Å². The SMILES string of the molecule is COCCNc1cc2c(-c3cncc(OC)c3)c[nH]c(=O)c2c(Nc2ccc(N3CCOCC3)cc2)n1. The summed E-state index contributed by atoms with van der Waals surface area (Å²) in [6, 6.07) is 11.9. The summed E-state index contributed by atoms with van der Waals surface area (Å²) in [5.74, 6) is 1.71. The number of rotatable bonds is 9. The van der Waals surface area contributed by atoms with Crippen LogP contribution in [0.4, 0.5) is 23.0 Å². The largest absolute Gasteiger partial charge is 0.495 e. The predicted octanol–water partition coefficient (Wildman–Crippen LogP) is 3.63. The van der Waals surface area contributed by atoms with Crippen molar-refractivity contribution in [2.75, 3.05) is 69.2 Å². The van der Waals surface area contributed by atoms with Crippen molar-refractivity contribution in [2.24, 2.45) is 0 Å². The molecule has 5 rings (SSSR count). The fraction of sp³-hybridized carbons (Fsp3) is 0.296. The van der Waals surface area contributed by atoms with Gasteiger partial charge in [0.15, 0.2) is 0 Å². The molecule has 1 aliphatic rings. The number of morpholine rings is 1. The summed E-state index contributed by atoms with van der Waals surface area (Å²) < 4.78 is 16.0. The molecule has 4 aromatic rings. The van der Waals surface area contributed by atoms with E-state index in [1.165, 1.54) is 0 Å². The Kier molecular flexibility index (Phi) is 7.48. The van der Waals surface area contributed by atoms with Gasteiger partial charge in [-0.15, -0.1) is 0 Å². The fourth-order valence-electron chi connectivity index (χ4n) is 4.37. The van der Waals surface area contributed by atoms with Gasteiger partial charge in [-0.25, -0.2) is 4.98 Å². The molecule has 0 atom stereocenters. The number of fused-ring (bicyclic) bond motifs is 1. The predicted molar refractivity (Wildman–Crippen MR) is 145 cm³/mol. The molecule has 0 aliphatic carbocycles. The molecule has 37 heavy (non-hydrogen) atoms. The highest BCUT2D eigenvalue weighted by Crippen LogP contribution is 2.33. The molecule has 192 valence electrons. The van der Waals surface area contributed by atoms with Crippen LogP contribution in [0, 0.1) is 0 Å². The van der Waals surface area contributed by atoms with Gasteiger partial charge in [-0.1, -0.05) is 0 Å². The minimum absolute atomic E-state index is 0.238. The number of aromatic amines is 1. The first-order chi connectivity index (χ1) is 18.2. The molecule has 3 N–H and O–H groups in total. The van der Waals surface area contributed by atoms with E-state index in [0.717, 1.165) is 54.2 Å². The third-order valence-corrected chi connectivity index (χ3v) is 6.26. The van der Waals surface area contributed by atoms with E-state index in [1.54, 1.807) is 32.8 Å². The number of H-pyrrole nitrogens is 1. The molecular formula is C27H30N6O4. The van der Waals surface area contributed by atoms with Gasteiger partial charge in [0.05, 0.1) is 38.5 Å². The molecule has 0 spiro atoms. The molecule has 3 aromatic heterocycles. The van der Waals surface area contributed by atoms with Crippen LogP contribution in [-0.4, -0.2) is 68.6 Å². The van der Waals surface area contributed by atoms with E-state index in [2.05, 4.69) is 37.6 Å². The lowest BCUT2D eigenvalue weighted by molar-refractivity contribution is 0.122. The van der Waals surface area contributed by atoms with E-state index >= 15 is 0 Å². The number of nitrogens with one attached hydrogen (secondary N) is 3. The fourth-order valence-corrected chi connectivity index (χ4v) is 4.37. The Labute approximate surface area is 214 Å². The lowest BCUT2D eigenvalue weighted by Crippen LogP contribution is -2.36. The molecule has 1 fully saturated rings. The van der Waals surface area contributed by atoms with Gasteiger partial charge < -0.3 is 34.7 Å². The Morgan fingerprint density at radius 3 is 2.68 bits per heavy atom. The molecule has 10 nitrogen and oxygen atoms in total. The van der Waals surface area contributed by atoms with Crippen molar-refractivity contribution in [3.63, 3.8) is 0 Å². The molecule has 0 radical (unpaired) electrons. The zero-order valence-corrected chi connectivity index (χ0v) is 20.9. The van der Waals surface area contributed by atoms with Gasteiger partial charge >= 0.3 is 0 Å². The molecule has 1 saturated heterocycles. The highest BCUT2D eigenvalue weighted by Gasteiger charge is 2.16. The van der Waals surface area contributed by atoms with Crippen LogP contribution in [0.1, 0.15) is 0 Å². The van der Waals surface area contributed by atoms with Crippen LogP contribution in [0.2, 0.25) is 0 Å². The van der Waals surface area contributed by atoms with E-state index in [0.29, 0.717) is 35.9 Å². The Balaban J connectivity index is 1.56. The van der Waals surface area contributed by atoms with Gasteiger partial charge in [-0.3, -0.25) is 9.78 Å². The third kappa shape index (κ3) is 5.50. The number of pyridine rings is 3. The maximum Gasteiger partial charge on any atom is 0.259 e. The first kappa shape index (κ1) is 24.5. The minimum Gasteiger partial charge on any atom is -0.495 e. The van der Waals surface area contributed by atoms with Gasteiger partial charge in [-0.2, -0.15) is 0 Å². The average Bonchev–Trinajstić information content (AvgIpc) is 2.94. The van der Waals surface area contributed by atoms with Crippen LogP contribution >= 0.6 is 0 Å². The van der Waals surface area contributed by atoms with Crippen LogP contribution in [-0.2, 0) is 9.47 Å². The maximum absolute atomic E-state index is 13.1. The van der Waals surface area contributed by atoms with E-state index in [9.17, 15) is 4.79 Å². The second kappa shape index (κ2) is 11.3. The molecule has 0 saturated carbocycles. The molecule has 1 aliphatic heterocycles. The van der Waals surface area contributed by atoms with Gasteiger partial charge in [0.25, 0.3) is 5.56 Å². The molecular weight excluding hydrogens is 472 g/mol. The lowest BCUT2D eigenvalue weighted by Gasteiger charge is -2.29. The third-order valence-electron chi connectivity index (χ3n) is 6.26. The summed E-state index contributed by atoms with van der Waals surface area (Å²) in [7, 11) is 3.25. The number of methoxy groups -OCH3 is 2. The maximum atomic E-state index is 13.1. The van der Waals surface area contributed by atoms with E-state index < -0.39 is 0 Å². The van der Waals surface area contributed by atoms with Crippen molar-refractivity contribution < 1.29 is 14.2 Å². The number of nitrogens with zero attached hydrogens (tertiary/aromatic N) is 3. The van der Waals surface area contributed by atoms with Gasteiger partial charge in [0.2, 0.25) is 0 Å². The lowest BCUT2D eigenvalue weighted by atomic mass is 10.0. The summed E-state index contributed by atoms with van der Waals surface area (Å²) in [5.41, 5.74) is 3.34. The second-order valence-electron chi connectivity index (χ2n) is 8.61. The topological polar surface area (TPSA) is 114 Å². The summed E-state index contributed by atoms with van der Waals surface area (Å²) in [6.45, 7) is 4.28. The standard InChI is InChI=1S/C27H30N6O4/c1-35-10-7-29-24-14-22-23(18-13-21(36-2)16-28-15-18)17-30-27(34)25(22)26(32-24)31-19-3-5-20(6-4-19)33-8-11-37-12-9-33/h3-6,13-17H,7-12H2,1-2H3,(H,30,34)(H2,29,31,32). The van der Waals surface area contributed by atoms with Crippen LogP contribution in [0.5, 0.6) is 5.75 Å². The van der Waals surface area contributed by atoms with Crippen molar-refractivity contribution in [2.45, 2.75) is 0 Å². The first-order valence-corrected chi connectivity index (χ1v) is 12.1. The first-order valence-electron chi connectivity index (χ1n) is 12.1. The van der Waals surface area contributed by atoms with Gasteiger partial charge in [-0.05, 0) is 36.4 Å². The highest BCUT2D eigenvalue weighted by molar-refractivity contribution is 6.03. The summed E-state index contributed by atoms with van der Waals surface area (Å²) >= 11 is 0. The van der Waals surface area contributed by atoms with Crippen LogP contribution in [0.25, 0.3) is 21.9 Å². The Hall–Kier alpha value is -4.15. The van der Waals surface area contributed by atoms with E-state index in [-0.39, 0.29) is 5.56 Å². The molecule has 1 aromatic carbocycles. The van der Waals surface area contributed by atoms with E-state index in [4.69, 9.17) is 19.2 Å². The van der Waals surface area contributed by atoms with Gasteiger partial charge in [0, 0.05) is 67.0 Å². The molecule has 10 heteroatoms. The molecule has 0 bridgehead atoms. The normalized spacial score (nSPS) is 13.5. The Morgan fingerprint density at radius 1 is 1.11 bits per heavy atom. The second-order valence-corrected chi connectivity index (χ2v) is 8.61. The van der Waals surface area contributed by atoms with Crippen molar-refractivity contribution >= 4 is 33.8 Å². The summed E-state index contributed by atoms with van der Waals surface area (Å²) in [5, 5.41) is 7.84. The smallest absolute Gasteiger partial charge is 0.259 e. The highest BCUT2D eigenvalue weighted by atomic mass is 16.5. The van der Waals surface area contributed by atoms with Crippen LogP contribution in [0.15, 0.2) is 59.8 Å². The summed E-state index contributed by atoms with van der Waals surface area (Å²) in [4.78, 5) is 27.3. The molecule has 0 amide bonds. The minimum atomic E-state index is -0.238. The van der Waals surface area contributed by atoms with Crippen molar-refractivity contribution in [1.82, 2.24) is 15.0 Å². The zero-order chi connectivity index (χ0) is 25.6. The van der Waals surface area contributed by atoms with Crippen molar-refractivity contribution in [3.8, 4) is 16.9 Å². The number of aromatic nitrogens is 3. The number of anilines is 4. The summed E-state index contributed by atoms with van der Waals surface area (Å²) in [6.07, 6.45) is 5.08.